The van der Waals surface area contributed by atoms with E-state index in [1.54, 1.807) is 0 Å². The predicted molar refractivity (Wildman–Crippen MR) is 96.6 cm³/mol. The van der Waals surface area contributed by atoms with E-state index in [-0.39, 0.29) is 59.5 Å². The van der Waals surface area contributed by atoms with Crippen molar-refractivity contribution >= 4 is 5.91 Å². The monoisotopic (exact) mass is 378 g/mol. The Hall–Kier alpha value is 0.574. The first-order valence-electron chi connectivity index (χ1n) is 6.94. The number of amides is 1. The molecular formula is C18H43NOY-2. The van der Waals surface area contributed by atoms with Crippen molar-refractivity contribution in [3.63, 3.8) is 0 Å². The number of nitrogens with one attached hydrogen (secondary N) is 1. The third-order valence-corrected chi connectivity index (χ3v) is 1.04. The van der Waals surface area contributed by atoms with Crippen LogP contribution in [-0.2, 0) is 37.5 Å². The van der Waals surface area contributed by atoms with E-state index in [1.807, 2.05) is 27.7 Å². The third kappa shape index (κ3) is 96.6. The van der Waals surface area contributed by atoms with Gasteiger partial charge in [0.2, 0.25) is 5.91 Å². The Kier molecular flexibility index (Phi) is 45.8. The molecule has 0 aromatic heterocycles. The van der Waals surface area contributed by atoms with E-state index in [1.165, 1.54) is 0 Å². The minimum atomic E-state index is 0. The molecule has 0 saturated carbocycles. The van der Waals surface area contributed by atoms with Gasteiger partial charge in [-0.1, -0.05) is 56.4 Å². The summed E-state index contributed by atoms with van der Waals surface area (Å²) in [6, 6.07) is 0.270. The smallest absolute Gasteiger partial charge is 0.220 e. The van der Waals surface area contributed by atoms with Gasteiger partial charge < -0.3 is 19.2 Å². The number of hydrogen-bond acceptors (Lipinski definition) is 1. The van der Waals surface area contributed by atoms with Crippen LogP contribution in [0.15, 0.2) is 0 Å². The molecule has 1 N–H and O–H groups in total. The van der Waals surface area contributed by atoms with Gasteiger partial charge in [0.05, 0.1) is 0 Å². The quantitative estimate of drug-likeness (QED) is 0.620. The van der Waals surface area contributed by atoms with Gasteiger partial charge in [-0.15, -0.1) is 0 Å². The van der Waals surface area contributed by atoms with E-state index in [0.29, 0.717) is 24.2 Å². The van der Waals surface area contributed by atoms with E-state index in [2.05, 4.69) is 46.9 Å². The van der Waals surface area contributed by atoms with Gasteiger partial charge in [-0.25, -0.2) is 0 Å². The summed E-state index contributed by atoms with van der Waals surface area (Å²) in [7, 11) is 0. The summed E-state index contributed by atoms with van der Waals surface area (Å²) in [4.78, 5) is 11.0. The van der Waals surface area contributed by atoms with E-state index in [9.17, 15) is 4.79 Å². The van der Waals surface area contributed by atoms with Crippen molar-refractivity contribution < 1.29 is 37.5 Å². The Morgan fingerprint density at radius 1 is 0.857 bits per heavy atom. The molecule has 0 aromatic rings. The van der Waals surface area contributed by atoms with E-state index < -0.39 is 0 Å². The molecule has 0 aromatic carbocycles. The Bertz CT molecular complexity index is 155. The van der Waals surface area contributed by atoms with Crippen LogP contribution in [0.5, 0.6) is 0 Å². The first-order chi connectivity index (χ1) is 7.98. The van der Waals surface area contributed by atoms with Crippen LogP contribution in [0.3, 0.4) is 0 Å². The van der Waals surface area contributed by atoms with Gasteiger partial charge in [-0.05, 0) is 19.8 Å². The molecule has 0 fully saturated rings. The van der Waals surface area contributed by atoms with Gasteiger partial charge in [0.25, 0.3) is 0 Å². The van der Waals surface area contributed by atoms with Gasteiger partial charge in [0.1, 0.15) is 0 Å². The molecule has 0 spiro atoms. The second kappa shape index (κ2) is 25.5. The van der Waals surface area contributed by atoms with Crippen molar-refractivity contribution in [2.45, 2.75) is 82.7 Å². The average molecular weight is 378 g/mol. The van der Waals surface area contributed by atoms with Gasteiger partial charge in [0, 0.05) is 45.2 Å². The van der Waals surface area contributed by atoms with Crippen LogP contribution in [0.1, 0.15) is 76.7 Å². The van der Waals surface area contributed by atoms with Gasteiger partial charge in [-0.2, -0.15) is 11.8 Å². The molecule has 0 atom stereocenters. The molecular weight excluding hydrogens is 335 g/mol. The first-order valence-corrected chi connectivity index (χ1v) is 6.94. The minimum absolute atomic E-state index is 0. The maximum atomic E-state index is 11.0. The van der Waals surface area contributed by atoms with Crippen LogP contribution in [-0.4, -0.2) is 11.9 Å². The molecule has 0 unspecified atom stereocenters. The van der Waals surface area contributed by atoms with Gasteiger partial charge in [0.15, 0.2) is 0 Å². The SMILES string of the molecule is C.C.CC(C)CC(=O)NC(C)C.[CH2-]C(C)C.[CH2-]C(C)C.[Y]. The van der Waals surface area contributed by atoms with Crippen LogP contribution < -0.4 is 5.32 Å². The molecule has 0 aliphatic rings. The van der Waals surface area contributed by atoms with E-state index in [0.717, 1.165) is 0 Å². The van der Waals surface area contributed by atoms with E-state index in [4.69, 9.17) is 0 Å². The van der Waals surface area contributed by atoms with Crippen molar-refractivity contribution in [3.8, 4) is 0 Å². The maximum absolute atomic E-state index is 11.0. The van der Waals surface area contributed by atoms with Crippen molar-refractivity contribution in [1.29, 1.82) is 0 Å². The average Bonchev–Trinajstić information content (AvgIpc) is 1.96. The standard InChI is InChI=1S/C8H17NO.2C4H9.2CH4.Y/c1-6(2)5-8(10)9-7(3)4;2*1-4(2)3;;;/h6-7H,5H2,1-4H3,(H,9,10);2*4H,1H2,2-3H3;2*1H4;/q;2*-1;;;. The van der Waals surface area contributed by atoms with Crippen LogP contribution >= 0.6 is 0 Å². The number of carbonyl (C=O) groups is 1. The molecule has 0 saturated heterocycles. The molecule has 3 heteroatoms. The number of carbonyl (C=O) groups excluding carboxylic acids is 1. The second-order valence-corrected chi connectivity index (χ2v) is 6.11. The fourth-order valence-electron chi connectivity index (χ4n) is 0.752. The fourth-order valence-corrected chi connectivity index (χ4v) is 0.752. The Morgan fingerprint density at radius 2 is 1.10 bits per heavy atom. The first kappa shape index (κ1) is 37.7. The summed E-state index contributed by atoms with van der Waals surface area (Å²) in [6.45, 7) is 23.5. The van der Waals surface area contributed by atoms with E-state index >= 15 is 0 Å². The van der Waals surface area contributed by atoms with Crippen LogP contribution in [0, 0.1) is 31.6 Å². The molecule has 0 rings (SSSR count). The number of rotatable bonds is 3. The Balaban J connectivity index is -0.0000000439. The van der Waals surface area contributed by atoms with Crippen LogP contribution in [0.2, 0.25) is 0 Å². The molecule has 2 nitrogen and oxygen atoms in total. The molecule has 0 aliphatic carbocycles. The molecule has 0 bridgehead atoms. The topological polar surface area (TPSA) is 29.1 Å². The van der Waals surface area contributed by atoms with Crippen molar-refractivity contribution in [1.82, 2.24) is 5.32 Å². The number of hydrogen-bond donors (Lipinski definition) is 1. The van der Waals surface area contributed by atoms with Gasteiger partial charge in [-0.3, -0.25) is 4.79 Å². The fraction of sp³-hybridized carbons (Fsp3) is 0.833. The summed E-state index contributed by atoms with van der Waals surface area (Å²) in [6.07, 6.45) is 0.637. The van der Waals surface area contributed by atoms with Crippen molar-refractivity contribution in [2.24, 2.45) is 17.8 Å². The third-order valence-electron chi connectivity index (χ3n) is 1.04. The van der Waals surface area contributed by atoms with Crippen LogP contribution in [0.4, 0.5) is 0 Å². The predicted octanol–water partition coefficient (Wildman–Crippen LogP) is 5.78. The largest absolute Gasteiger partial charge is 0.354 e. The minimum Gasteiger partial charge on any atom is -0.354 e. The summed E-state index contributed by atoms with van der Waals surface area (Å²) in [5.74, 6) is 1.78. The molecule has 0 aliphatic heterocycles. The zero-order valence-corrected chi connectivity index (χ0v) is 17.3. The molecule has 1 amide bonds. The normalized spacial score (nSPS) is 8.48. The second-order valence-electron chi connectivity index (χ2n) is 6.11. The van der Waals surface area contributed by atoms with Crippen LogP contribution in [0.25, 0.3) is 0 Å². The Morgan fingerprint density at radius 3 is 1.24 bits per heavy atom. The zero-order chi connectivity index (χ0) is 15.3. The maximum Gasteiger partial charge on any atom is 0.220 e. The summed E-state index contributed by atoms with van der Waals surface area (Å²) < 4.78 is 0. The summed E-state index contributed by atoms with van der Waals surface area (Å²) in [5, 5.41) is 2.84. The summed E-state index contributed by atoms with van der Waals surface area (Å²) >= 11 is 0. The molecule has 131 valence electrons. The molecule has 0 heterocycles. The molecule has 1 radical (unpaired) electrons. The molecule has 21 heavy (non-hydrogen) atoms. The summed E-state index contributed by atoms with van der Waals surface area (Å²) in [5.41, 5.74) is 0. The zero-order valence-electron chi connectivity index (χ0n) is 14.4. The van der Waals surface area contributed by atoms with Gasteiger partial charge >= 0.3 is 0 Å². The Labute approximate surface area is 162 Å². The van der Waals surface area contributed by atoms with Crippen molar-refractivity contribution in [3.05, 3.63) is 13.8 Å². The van der Waals surface area contributed by atoms with Crippen molar-refractivity contribution in [2.75, 3.05) is 0 Å².